The number of nitrogens with one attached hydrogen (secondary N) is 1. The van der Waals surface area contributed by atoms with Crippen LogP contribution < -0.4 is 5.32 Å². The number of carbonyl (C=O) groups excluding carboxylic acids is 2. The third kappa shape index (κ3) is 5.12. The normalized spacial score (nSPS) is 11.5. The number of esters is 1. The molecule has 26 heavy (non-hydrogen) atoms. The van der Waals surface area contributed by atoms with Crippen molar-refractivity contribution < 1.29 is 19.2 Å². The van der Waals surface area contributed by atoms with Gasteiger partial charge in [-0.25, -0.2) is 4.79 Å². The first-order valence-corrected chi connectivity index (χ1v) is 8.97. The van der Waals surface area contributed by atoms with Gasteiger partial charge in [0.2, 0.25) is 0 Å². The van der Waals surface area contributed by atoms with E-state index in [4.69, 9.17) is 4.74 Å². The van der Waals surface area contributed by atoms with Crippen LogP contribution in [0.2, 0.25) is 0 Å². The van der Waals surface area contributed by atoms with Crippen molar-refractivity contribution in [3.05, 3.63) is 72.7 Å². The molecule has 0 unspecified atom stereocenters. The number of para-hydroxylation sites is 1. The number of nitro groups is 1. The van der Waals surface area contributed by atoms with Crippen LogP contribution in [-0.2, 0) is 16.0 Å². The van der Waals surface area contributed by atoms with Crippen LogP contribution >= 0.6 is 31.9 Å². The lowest BCUT2D eigenvalue weighted by molar-refractivity contribution is -0.385. The van der Waals surface area contributed by atoms with E-state index >= 15 is 0 Å². The maximum atomic E-state index is 12.5. The van der Waals surface area contributed by atoms with Gasteiger partial charge in [-0.05, 0) is 18.2 Å². The van der Waals surface area contributed by atoms with Crippen molar-refractivity contribution >= 4 is 49.4 Å². The Morgan fingerprint density at radius 2 is 1.81 bits per heavy atom. The number of hydrogen-bond acceptors (Lipinski definition) is 5. The van der Waals surface area contributed by atoms with Gasteiger partial charge in [-0.1, -0.05) is 50.1 Å². The summed E-state index contributed by atoms with van der Waals surface area (Å²) < 4.78 is 6.10. The lowest BCUT2D eigenvalue weighted by Crippen LogP contribution is -2.43. The zero-order valence-electron chi connectivity index (χ0n) is 13.6. The Morgan fingerprint density at radius 1 is 1.19 bits per heavy atom. The fraction of sp³-hybridized carbons (Fsp3) is 0.176. The first-order valence-electron chi connectivity index (χ1n) is 7.39. The highest BCUT2D eigenvalue weighted by atomic mass is 79.9. The number of nitrogens with zero attached hydrogens (tertiary/aromatic N) is 1. The monoisotopic (exact) mass is 484 g/mol. The van der Waals surface area contributed by atoms with Crippen molar-refractivity contribution in [2.24, 2.45) is 0 Å². The highest BCUT2D eigenvalue weighted by Gasteiger charge is 2.26. The molecule has 0 aliphatic heterocycles. The molecule has 2 rings (SSSR count). The fourth-order valence-electron chi connectivity index (χ4n) is 2.34. The number of methoxy groups -OCH3 is 1. The third-order valence-electron chi connectivity index (χ3n) is 3.53. The van der Waals surface area contributed by atoms with Crippen LogP contribution in [0.4, 0.5) is 5.69 Å². The maximum absolute atomic E-state index is 12.5. The lowest BCUT2D eigenvalue weighted by Gasteiger charge is -2.17. The van der Waals surface area contributed by atoms with Gasteiger partial charge in [0, 0.05) is 32.6 Å². The Balaban J connectivity index is 2.27. The highest BCUT2D eigenvalue weighted by Crippen LogP contribution is 2.22. The summed E-state index contributed by atoms with van der Waals surface area (Å²) in [6.45, 7) is 0. The van der Waals surface area contributed by atoms with E-state index in [9.17, 15) is 19.7 Å². The molecular weight excluding hydrogens is 472 g/mol. The van der Waals surface area contributed by atoms with Crippen LogP contribution in [-0.4, -0.2) is 30.0 Å². The van der Waals surface area contributed by atoms with Gasteiger partial charge >= 0.3 is 5.97 Å². The van der Waals surface area contributed by atoms with E-state index in [1.54, 1.807) is 24.3 Å². The molecule has 0 saturated heterocycles. The van der Waals surface area contributed by atoms with Crippen molar-refractivity contribution in [3.8, 4) is 0 Å². The number of hydrogen-bond donors (Lipinski definition) is 1. The van der Waals surface area contributed by atoms with Gasteiger partial charge in [0.15, 0.2) is 0 Å². The molecule has 0 bridgehead atoms. The minimum absolute atomic E-state index is 0.0647. The molecule has 2 aromatic carbocycles. The second-order valence-corrected chi connectivity index (χ2v) is 7.13. The van der Waals surface area contributed by atoms with Crippen molar-refractivity contribution in [2.45, 2.75) is 12.5 Å². The second-order valence-electron chi connectivity index (χ2n) is 5.30. The molecule has 7 nitrogen and oxygen atoms in total. The molecule has 0 aromatic heterocycles. The number of amides is 1. The Bertz CT molecular complexity index is 837. The van der Waals surface area contributed by atoms with Crippen LogP contribution in [0.25, 0.3) is 0 Å². The van der Waals surface area contributed by atoms with Crippen molar-refractivity contribution in [3.63, 3.8) is 0 Å². The van der Waals surface area contributed by atoms with Gasteiger partial charge in [-0.2, -0.15) is 0 Å². The number of halogens is 2. The number of benzene rings is 2. The summed E-state index contributed by atoms with van der Waals surface area (Å²) in [6, 6.07) is 9.94. The smallest absolute Gasteiger partial charge is 0.328 e. The molecule has 1 atom stereocenters. The first kappa shape index (κ1) is 20.1. The van der Waals surface area contributed by atoms with Crippen LogP contribution in [0.1, 0.15) is 15.9 Å². The van der Waals surface area contributed by atoms with Crippen LogP contribution in [0, 0.1) is 10.1 Å². The van der Waals surface area contributed by atoms with E-state index in [1.165, 1.54) is 25.3 Å². The fourth-order valence-corrected chi connectivity index (χ4v) is 3.64. The van der Waals surface area contributed by atoms with Crippen LogP contribution in [0.3, 0.4) is 0 Å². The van der Waals surface area contributed by atoms with E-state index < -0.39 is 22.8 Å². The van der Waals surface area contributed by atoms with Crippen molar-refractivity contribution in [1.82, 2.24) is 5.32 Å². The zero-order valence-corrected chi connectivity index (χ0v) is 16.7. The SMILES string of the molecule is COC(=O)[C@@H](Cc1ccccc1[N+](=O)[O-])NC(=O)c1cc(Br)cc(Br)c1. The van der Waals surface area contributed by atoms with E-state index in [0.29, 0.717) is 20.1 Å². The zero-order chi connectivity index (χ0) is 19.3. The Labute approximate surface area is 166 Å². The van der Waals surface area contributed by atoms with Crippen molar-refractivity contribution in [2.75, 3.05) is 7.11 Å². The molecule has 0 fully saturated rings. The average Bonchev–Trinajstić information content (AvgIpc) is 2.59. The van der Waals surface area contributed by atoms with Gasteiger partial charge in [-0.3, -0.25) is 14.9 Å². The summed E-state index contributed by atoms with van der Waals surface area (Å²) in [5.74, 6) is -1.19. The van der Waals surface area contributed by atoms with E-state index in [2.05, 4.69) is 37.2 Å². The minimum atomic E-state index is -1.06. The molecule has 1 amide bonds. The molecule has 0 spiro atoms. The highest BCUT2D eigenvalue weighted by molar-refractivity contribution is 9.11. The van der Waals surface area contributed by atoms with Gasteiger partial charge in [0.05, 0.1) is 12.0 Å². The summed E-state index contributed by atoms with van der Waals surface area (Å²) >= 11 is 6.59. The van der Waals surface area contributed by atoms with Gasteiger partial charge < -0.3 is 10.1 Å². The number of carbonyl (C=O) groups is 2. The van der Waals surface area contributed by atoms with Gasteiger partial charge in [0.25, 0.3) is 11.6 Å². The van der Waals surface area contributed by atoms with E-state index in [0.717, 1.165) is 0 Å². The van der Waals surface area contributed by atoms with E-state index in [1.807, 2.05) is 0 Å². The van der Waals surface area contributed by atoms with E-state index in [-0.39, 0.29) is 12.1 Å². The third-order valence-corrected chi connectivity index (χ3v) is 4.44. The second kappa shape index (κ2) is 8.91. The maximum Gasteiger partial charge on any atom is 0.328 e. The molecule has 2 aromatic rings. The summed E-state index contributed by atoms with van der Waals surface area (Å²) in [5, 5.41) is 13.7. The summed E-state index contributed by atoms with van der Waals surface area (Å²) in [6.07, 6.45) is -0.0647. The standard InChI is InChI=1S/C17H14Br2N2O5/c1-26-17(23)14(8-10-4-2-3-5-15(10)21(24)25)20-16(22)11-6-12(18)9-13(19)7-11/h2-7,9,14H,8H2,1H3,(H,20,22)/t14-/m1/s1. The Morgan fingerprint density at radius 3 is 2.38 bits per heavy atom. The van der Waals surface area contributed by atoms with Crippen LogP contribution in [0.15, 0.2) is 51.4 Å². The molecule has 0 aliphatic rings. The molecule has 0 aliphatic carbocycles. The molecule has 1 N–H and O–H groups in total. The predicted octanol–water partition coefficient (Wildman–Crippen LogP) is 3.63. The quantitative estimate of drug-likeness (QED) is 0.382. The summed E-state index contributed by atoms with van der Waals surface area (Å²) in [7, 11) is 1.19. The Hall–Kier alpha value is -2.26. The number of nitro benzene ring substituents is 1. The number of ether oxygens (including phenoxy) is 1. The van der Waals surface area contributed by atoms with Gasteiger partial charge in [-0.15, -0.1) is 0 Å². The topological polar surface area (TPSA) is 98.5 Å². The average molecular weight is 486 g/mol. The molecule has 0 heterocycles. The number of rotatable bonds is 6. The van der Waals surface area contributed by atoms with Gasteiger partial charge in [0.1, 0.15) is 6.04 Å². The Kier molecular flexibility index (Phi) is 6.87. The molecular formula is C17H14Br2N2O5. The first-order chi connectivity index (χ1) is 12.3. The molecule has 136 valence electrons. The van der Waals surface area contributed by atoms with Crippen LogP contribution in [0.5, 0.6) is 0 Å². The summed E-state index contributed by atoms with van der Waals surface area (Å²) in [5.41, 5.74) is 0.521. The predicted molar refractivity (Wildman–Crippen MR) is 102 cm³/mol. The summed E-state index contributed by atoms with van der Waals surface area (Å²) in [4.78, 5) is 35.2. The molecule has 0 radical (unpaired) electrons. The molecule has 9 heteroatoms. The van der Waals surface area contributed by atoms with Crippen molar-refractivity contribution in [1.29, 1.82) is 0 Å². The molecule has 0 saturated carbocycles. The lowest BCUT2D eigenvalue weighted by atomic mass is 10.0. The minimum Gasteiger partial charge on any atom is -0.467 e. The largest absolute Gasteiger partial charge is 0.467 e.